The van der Waals surface area contributed by atoms with E-state index in [1.165, 1.54) is 12.8 Å². The standard InChI is InChI=1S/C21H37N3O4S/c1-27-12-11-24-20(15-23-10-6-9-19(14-23)16-28-2)13-22-21(24)29(25,26)17-18-7-4-3-5-8-18/h13,18-19H,3-12,14-17H2,1-2H3. The van der Waals surface area contributed by atoms with E-state index >= 15 is 0 Å². The van der Waals surface area contributed by atoms with Crippen LogP contribution in [0, 0.1) is 11.8 Å². The first-order chi connectivity index (χ1) is 14.0. The summed E-state index contributed by atoms with van der Waals surface area (Å²) in [7, 11) is -0.00474. The highest BCUT2D eigenvalue weighted by atomic mass is 32.2. The third-order valence-corrected chi connectivity index (χ3v) is 8.06. The SMILES string of the molecule is COCCn1c(CN2CCCC(COC)C2)cnc1S(=O)(=O)CC1CCCCC1. The van der Waals surface area contributed by atoms with Gasteiger partial charge in [0.25, 0.3) is 0 Å². The molecule has 1 saturated heterocycles. The Balaban J connectivity index is 1.75. The smallest absolute Gasteiger partial charge is 0.227 e. The van der Waals surface area contributed by atoms with Crippen LogP contribution in [-0.2, 0) is 32.4 Å². The predicted octanol–water partition coefficient (Wildman–Crippen LogP) is 2.74. The molecule has 2 aliphatic rings. The van der Waals surface area contributed by atoms with E-state index in [1.54, 1.807) is 20.4 Å². The lowest BCUT2D eigenvalue weighted by Crippen LogP contribution is -2.37. The van der Waals surface area contributed by atoms with Crippen LogP contribution >= 0.6 is 0 Å². The lowest BCUT2D eigenvalue weighted by molar-refractivity contribution is 0.0857. The van der Waals surface area contributed by atoms with E-state index < -0.39 is 9.84 Å². The molecule has 1 aromatic heterocycles. The van der Waals surface area contributed by atoms with Crippen molar-refractivity contribution in [3.63, 3.8) is 0 Å². The van der Waals surface area contributed by atoms with Gasteiger partial charge in [0.1, 0.15) is 0 Å². The van der Waals surface area contributed by atoms with E-state index in [1.807, 2.05) is 4.57 Å². The van der Waals surface area contributed by atoms with Crippen molar-refractivity contribution in [2.75, 3.05) is 46.3 Å². The lowest BCUT2D eigenvalue weighted by atomic mass is 9.91. The molecule has 0 radical (unpaired) electrons. The van der Waals surface area contributed by atoms with Crippen molar-refractivity contribution >= 4 is 9.84 Å². The minimum atomic E-state index is -3.40. The Morgan fingerprint density at radius 2 is 1.83 bits per heavy atom. The van der Waals surface area contributed by atoms with Gasteiger partial charge in [0, 0.05) is 33.9 Å². The largest absolute Gasteiger partial charge is 0.384 e. The topological polar surface area (TPSA) is 73.7 Å². The van der Waals surface area contributed by atoms with Crippen molar-refractivity contribution in [2.24, 2.45) is 11.8 Å². The van der Waals surface area contributed by atoms with Crippen molar-refractivity contribution in [2.45, 2.75) is 63.2 Å². The van der Waals surface area contributed by atoms with Crippen molar-refractivity contribution in [3.8, 4) is 0 Å². The van der Waals surface area contributed by atoms with Gasteiger partial charge in [0.05, 0.1) is 30.9 Å². The maximum Gasteiger partial charge on any atom is 0.227 e. The molecule has 0 spiro atoms. The first-order valence-electron chi connectivity index (χ1n) is 11.0. The number of ether oxygens (including phenoxy) is 2. The number of hydrogen-bond donors (Lipinski definition) is 0. The summed E-state index contributed by atoms with van der Waals surface area (Å²) in [6, 6.07) is 0. The van der Waals surface area contributed by atoms with Crippen LogP contribution in [0.4, 0.5) is 0 Å². The van der Waals surface area contributed by atoms with E-state index in [4.69, 9.17) is 9.47 Å². The zero-order chi connectivity index (χ0) is 20.7. The second-order valence-corrected chi connectivity index (χ2v) is 10.6. The quantitative estimate of drug-likeness (QED) is 0.572. The Bertz CT molecular complexity index is 726. The summed E-state index contributed by atoms with van der Waals surface area (Å²) < 4.78 is 38.8. The van der Waals surface area contributed by atoms with Crippen LogP contribution < -0.4 is 0 Å². The van der Waals surface area contributed by atoms with E-state index in [9.17, 15) is 8.42 Å². The van der Waals surface area contributed by atoms with Crippen molar-refractivity contribution in [3.05, 3.63) is 11.9 Å². The Labute approximate surface area is 175 Å². The van der Waals surface area contributed by atoms with Gasteiger partial charge in [0.15, 0.2) is 0 Å². The molecule has 2 fully saturated rings. The molecular weight excluding hydrogens is 390 g/mol. The molecule has 1 aliphatic carbocycles. The Morgan fingerprint density at radius 1 is 1.07 bits per heavy atom. The van der Waals surface area contributed by atoms with Gasteiger partial charge < -0.3 is 14.0 Å². The summed E-state index contributed by atoms with van der Waals surface area (Å²) in [6.45, 7) is 4.49. The van der Waals surface area contributed by atoms with Crippen LogP contribution in [0.3, 0.4) is 0 Å². The lowest BCUT2D eigenvalue weighted by Gasteiger charge is -2.32. The molecule has 1 atom stereocenters. The minimum absolute atomic E-state index is 0.218. The minimum Gasteiger partial charge on any atom is -0.384 e. The van der Waals surface area contributed by atoms with Gasteiger partial charge in [0.2, 0.25) is 15.0 Å². The van der Waals surface area contributed by atoms with Gasteiger partial charge in [-0.1, -0.05) is 19.3 Å². The third-order valence-electron chi connectivity index (χ3n) is 6.27. The number of methoxy groups -OCH3 is 2. The van der Waals surface area contributed by atoms with E-state index in [2.05, 4.69) is 9.88 Å². The molecule has 1 aromatic rings. The van der Waals surface area contributed by atoms with Gasteiger partial charge in [-0.05, 0) is 44.1 Å². The van der Waals surface area contributed by atoms with Crippen LogP contribution in [-0.4, -0.2) is 69.1 Å². The molecule has 1 unspecified atom stereocenters. The fourth-order valence-corrected chi connectivity index (χ4v) is 6.68. The summed E-state index contributed by atoms with van der Waals surface area (Å²) in [6.07, 6.45) is 9.62. The maximum atomic E-state index is 13.2. The van der Waals surface area contributed by atoms with Gasteiger partial charge in [-0.2, -0.15) is 0 Å². The number of sulfone groups is 1. The average Bonchev–Trinajstić information content (AvgIpc) is 3.11. The molecule has 0 N–H and O–H groups in total. The summed E-state index contributed by atoms with van der Waals surface area (Å²) >= 11 is 0. The number of aromatic nitrogens is 2. The highest BCUT2D eigenvalue weighted by Crippen LogP contribution is 2.27. The van der Waals surface area contributed by atoms with Crippen LogP contribution in [0.25, 0.3) is 0 Å². The highest BCUT2D eigenvalue weighted by Gasteiger charge is 2.29. The molecule has 166 valence electrons. The van der Waals surface area contributed by atoms with E-state index in [0.717, 1.165) is 64.0 Å². The fraction of sp³-hybridized carbons (Fsp3) is 0.857. The fourth-order valence-electron chi connectivity index (χ4n) is 4.82. The molecule has 1 aliphatic heterocycles. The zero-order valence-electron chi connectivity index (χ0n) is 18.0. The number of rotatable bonds is 10. The normalized spacial score (nSPS) is 22.2. The average molecular weight is 428 g/mol. The molecule has 29 heavy (non-hydrogen) atoms. The number of nitrogens with zero attached hydrogens (tertiary/aromatic N) is 3. The van der Waals surface area contributed by atoms with Gasteiger partial charge in [-0.25, -0.2) is 13.4 Å². The Kier molecular flexibility index (Phi) is 8.53. The zero-order valence-corrected chi connectivity index (χ0v) is 18.8. The van der Waals surface area contributed by atoms with Crippen LogP contribution in [0.1, 0.15) is 50.6 Å². The summed E-state index contributed by atoms with van der Waals surface area (Å²) in [4.78, 5) is 6.79. The summed E-state index contributed by atoms with van der Waals surface area (Å²) in [5.74, 6) is 1.02. The van der Waals surface area contributed by atoms with Gasteiger partial charge >= 0.3 is 0 Å². The molecule has 3 rings (SSSR count). The molecule has 0 amide bonds. The first-order valence-corrected chi connectivity index (χ1v) is 12.7. The van der Waals surface area contributed by atoms with Crippen LogP contribution in [0.2, 0.25) is 0 Å². The molecule has 0 bridgehead atoms. The predicted molar refractivity (Wildman–Crippen MR) is 113 cm³/mol. The maximum absolute atomic E-state index is 13.2. The third kappa shape index (κ3) is 6.26. The van der Waals surface area contributed by atoms with E-state index in [0.29, 0.717) is 19.1 Å². The van der Waals surface area contributed by atoms with Crippen LogP contribution in [0.15, 0.2) is 11.4 Å². The molecule has 0 aromatic carbocycles. The number of likely N-dealkylation sites (tertiary alicyclic amines) is 1. The Hall–Kier alpha value is -0.960. The number of piperidine rings is 1. The summed E-state index contributed by atoms with van der Waals surface area (Å²) in [5.41, 5.74) is 0.960. The monoisotopic (exact) mass is 427 g/mol. The number of hydrogen-bond acceptors (Lipinski definition) is 6. The van der Waals surface area contributed by atoms with E-state index in [-0.39, 0.29) is 16.8 Å². The van der Waals surface area contributed by atoms with Crippen LogP contribution in [0.5, 0.6) is 0 Å². The van der Waals surface area contributed by atoms with Crippen molar-refractivity contribution in [1.82, 2.24) is 14.5 Å². The highest BCUT2D eigenvalue weighted by molar-refractivity contribution is 7.91. The first kappa shape index (κ1) is 22.7. The Morgan fingerprint density at radius 3 is 2.55 bits per heavy atom. The molecule has 8 heteroatoms. The molecule has 1 saturated carbocycles. The van der Waals surface area contributed by atoms with Gasteiger partial charge in [-0.15, -0.1) is 0 Å². The molecular formula is C21H37N3O4S. The number of imidazole rings is 1. The summed E-state index contributed by atoms with van der Waals surface area (Å²) in [5, 5.41) is 0.223. The van der Waals surface area contributed by atoms with Crippen molar-refractivity contribution in [1.29, 1.82) is 0 Å². The van der Waals surface area contributed by atoms with Crippen molar-refractivity contribution < 1.29 is 17.9 Å². The second kappa shape index (κ2) is 10.9. The molecule has 2 heterocycles. The van der Waals surface area contributed by atoms with Gasteiger partial charge in [-0.3, -0.25) is 4.90 Å². The second-order valence-electron chi connectivity index (χ2n) is 8.66. The molecule has 7 nitrogen and oxygen atoms in total.